The van der Waals surface area contributed by atoms with Crippen molar-refractivity contribution in [2.75, 3.05) is 12.3 Å². The lowest BCUT2D eigenvalue weighted by Gasteiger charge is -2.17. The van der Waals surface area contributed by atoms with Crippen molar-refractivity contribution in [1.29, 1.82) is 0 Å². The Kier molecular flexibility index (Phi) is 13.0. The van der Waals surface area contributed by atoms with Gasteiger partial charge in [-0.3, -0.25) is 0 Å². The van der Waals surface area contributed by atoms with E-state index in [9.17, 15) is 0 Å². The molecule has 0 spiro atoms. The van der Waals surface area contributed by atoms with Gasteiger partial charge >= 0.3 is 0 Å². The Labute approximate surface area is 114 Å². The molecule has 104 valence electrons. The van der Waals surface area contributed by atoms with Gasteiger partial charge in [0.2, 0.25) is 0 Å². The summed E-state index contributed by atoms with van der Waals surface area (Å²) in [6.07, 6.45) is 9.31. The van der Waals surface area contributed by atoms with Crippen molar-refractivity contribution >= 4 is 11.8 Å². The summed E-state index contributed by atoms with van der Waals surface area (Å²) in [5.74, 6) is 1.34. The van der Waals surface area contributed by atoms with E-state index in [1.165, 1.54) is 57.2 Å². The third kappa shape index (κ3) is 11.1. The third-order valence-corrected chi connectivity index (χ3v) is 4.68. The first-order chi connectivity index (χ1) is 8.24. The molecule has 0 aromatic heterocycles. The van der Waals surface area contributed by atoms with Gasteiger partial charge < -0.3 is 5.32 Å². The fourth-order valence-electron chi connectivity index (χ4n) is 1.98. The van der Waals surface area contributed by atoms with Crippen LogP contribution in [0.5, 0.6) is 0 Å². The van der Waals surface area contributed by atoms with E-state index < -0.39 is 0 Å². The van der Waals surface area contributed by atoms with Crippen molar-refractivity contribution in [1.82, 2.24) is 5.32 Å². The van der Waals surface area contributed by atoms with E-state index in [-0.39, 0.29) is 0 Å². The molecule has 0 radical (unpaired) electrons. The molecule has 0 aliphatic carbocycles. The lowest BCUT2D eigenvalue weighted by Crippen LogP contribution is -2.29. The van der Waals surface area contributed by atoms with E-state index in [0.29, 0.717) is 0 Å². The van der Waals surface area contributed by atoms with Crippen molar-refractivity contribution < 1.29 is 0 Å². The molecule has 0 aliphatic rings. The van der Waals surface area contributed by atoms with E-state index in [2.05, 4.69) is 44.8 Å². The molecule has 1 unspecified atom stereocenters. The quantitative estimate of drug-likeness (QED) is 0.502. The van der Waals surface area contributed by atoms with Crippen molar-refractivity contribution in [3.8, 4) is 0 Å². The first kappa shape index (κ1) is 17.3. The van der Waals surface area contributed by atoms with Gasteiger partial charge in [0.15, 0.2) is 0 Å². The summed E-state index contributed by atoms with van der Waals surface area (Å²) in [6.45, 7) is 10.4. The van der Waals surface area contributed by atoms with E-state index >= 15 is 0 Å². The number of hydrogen-bond donors (Lipinski definition) is 1. The van der Waals surface area contributed by atoms with Crippen LogP contribution in [0.25, 0.3) is 0 Å². The van der Waals surface area contributed by atoms with Crippen molar-refractivity contribution in [3.05, 3.63) is 0 Å². The molecule has 2 heteroatoms. The predicted molar refractivity (Wildman–Crippen MR) is 83.1 cm³/mol. The minimum absolute atomic E-state index is 0.771. The van der Waals surface area contributed by atoms with Crippen LogP contribution in [0.4, 0.5) is 0 Å². The highest BCUT2D eigenvalue weighted by Crippen LogP contribution is 2.15. The molecule has 1 nitrogen and oxygen atoms in total. The molecule has 0 bridgehead atoms. The molecule has 0 aliphatic heterocycles. The summed E-state index contributed by atoms with van der Waals surface area (Å²) in [5.41, 5.74) is 0. The maximum atomic E-state index is 3.71. The second-order valence-electron chi connectivity index (χ2n) is 5.03. The standard InChI is InChI=1S/C15H33NS/c1-5-10-15(11-6-2)16-12-8-9-13-17-14(4)7-3/h14-16H,5-13H2,1-4H3. The van der Waals surface area contributed by atoms with Crippen LogP contribution >= 0.6 is 11.8 Å². The topological polar surface area (TPSA) is 12.0 Å². The van der Waals surface area contributed by atoms with Gasteiger partial charge in [-0.05, 0) is 44.4 Å². The van der Waals surface area contributed by atoms with E-state index in [4.69, 9.17) is 0 Å². The zero-order valence-corrected chi connectivity index (χ0v) is 13.2. The van der Waals surface area contributed by atoms with Gasteiger partial charge in [0.25, 0.3) is 0 Å². The molecule has 0 fully saturated rings. The molecule has 0 aromatic rings. The number of unbranched alkanes of at least 4 members (excludes halogenated alkanes) is 1. The van der Waals surface area contributed by atoms with Crippen LogP contribution in [-0.2, 0) is 0 Å². The Hall–Kier alpha value is 0.310. The fraction of sp³-hybridized carbons (Fsp3) is 1.00. The van der Waals surface area contributed by atoms with E-state index in [1.807, 2.05) is 0 Å². The molecule has 1 atom stereocenters. The van der Waals surface area contributed by atoms with Crippen LogP contribution in [0.15, 0.2) is 0 Å². The predicted octanol–water partition coefficient (Wildman–Crippen LogP) is 4.86. The first-order valence-electron chi connectivity index (χ1n) is 7.59. The average molecular weight is 260 g/mol. The maximum Gasteiger partial charge on any atom is 0.00668 e. The number of nitrogens with one attached hydrogen (secondary N) is 1. The molecule has 0 aromatic carbocycles. The third-order valence-electron chi connectivity index (χ3n) is 3.26. The number of rotatable bonds is 12. The monoisotopic (exact) mass is 259 g/mol. The first-order valence-corrected chi connectivity index (χ1v) is 8.64. The summed E-state index contributed by atoms with van der Waals surface area (Å²) in [4.78, 5) is 0. The highest BCUT2D eigenvalue weighted by Gasteiger charge is 2.04. The van der Waals surface area contributed by atoms with E-state index in [1.54, 1.807) is 0 Å². The summed E-state index contributed by atoms with van der Waals surface area (Å²) in [7, 11) is 0. The fourth-order valence-corrected chi connectivity index (χ4v) is 2.99. The Morgan fingerprint density at radius 2 is 1.65 bits per heavy atom. The van der Waals surface area contributed by atoms with E-state index in [0.717, 1.165) is 11.3 Å². The minimum atomic E-state index is 0.771. The molecule has 0 amide bonds. The Bertz CT molecular complexity index is 144. The lowest BCUT2D eigenvalue weighted by atomic mass is 10.1. The van der Waals surface area contributed by atoms with Gasteiger partial charge in [0, 0.05) is 11.3 Å². The lowest BCUT2D eigenvalue weighted by molar-refractivity contribution is 0.440. The van der Waals surface area contributed by atoms with Crippen LogP contribution in [0.2, 0.25) is 0 Å². The van der Waals surface area contributed by atoms with Gasteiger partial charge in [-0.25, -0.2) is 0 Å². The van der Waals surface area contributed by atoms with Gasteiger partial charge in [-0.1, -0.05) is 40.5 Å². The number of hydrogen-bond acceptors (Lipinski definition) is 2. The Morgan fingerprint density at radius 1 is 1.00 bits per heavy atom. The van der Waals surface area contributed by atoms with Crippen LogP contribution in [0.3, 0.4) is 0 Å². The zero-order chi connectivity index (χ0) is 12.9. The largest absolute Gasteiger partial charge is 0.314 e. The highest BCUT2D eigenvalue weighted by atomic mass is 32.2. The Morgan fingerprint density at radius 3 is 2.18 bits per heavy atom. The molecule has 0 rings (SSSR count). The van der Waals surface area contributed by atoms with Gasteiger partial charge in [-0.2, -0.15) is 11.8 Å². The molecule has 17 heavy (non-hydrogen) atoms. The molecular weight excluding hydrogens is 226 g/mol. The zero-order valence-electron chi connectivity index (χ0n) is 12.4. The molecule has 0 heterocycles. The Balaban J connectivity index is 3.35. The number of thioether (sulfide) groups is 1. The van der Waals surface area contributed by atoms with Crippen molar-refractivity contribution in [2.45, 2.75) is 83.9 Å². The van der Waals surface area contributed by atoms with Gasteiger partial charge in [-0.15, -0.1) is 0 Å². The second kappa shape index (κ2) is 12.8. The summed E-state index contributed by atoms with van der Waals surface area (Å²) >= 11 is 2.13. The summed E-state index contributed by atoms with van der Waals surface area (Å²) < 4.78 is 0. The van der Waals surface area contributed by atoms with Crippen LogP contribution in [0.1, 0.15) is 72.6 Å². The molecule has 1 N–H and O–H groups in total. The van der Waals surface area contributed by atoms with Crippen molar-refractivity contribution in [2.24, 2.45) is 0 Å². The SMILES string of the molecule is CCCC(CCC)NCCCCSC(C)CC. The molecule has 0 saturated carbocycles. The smallest absolute Gasteiger partial charge is 0.00668 e. The van der Waals surface area contributed by atoms with Crippen molar-refractivity contribution in [3.63, 3.8) is 0 Å². The summed E-state index contributed by atoms with van der Waals surface area (Å²) in [6, 6.07) is 0.771. The van der Waals surface area contributed by atoms with Crippen LogP contribution < -0.4 is 5.32 Å². The summed E-state index contributed by atoms with van der Waals surface area (Å²) in [5, 5.41) is 4.56. The highest BCUT2D eigenvalue weighted by molar-refractivity contribution is 7.99. The molecular formula is C15H33NS. The average Bonchev–Trinajstić information content (AvgIpc) is 2.33. The molecule has 0 saturated heterocycles. The normalized spacial score (nSPS) is 13.2. The second-order valence-corrected chi connectivity index (χ2v) is 6.57. The minimum Gasteiger partial charge on any atom is -0.314 e. The van der Waals surface area contributed by atoms with Gasteiger partial charge in [0.05, 0.1) is 0 Å². The van der Waals surface area contributed by atoms with Gasteiger partial charge in [0.1, 0.15) is 0 Å². The maximum absolute atomic E-state index is 3.71. The van der Waals surface area contributed by atoms with Crippen LogP contribution in [0, 0.1) is 0 Å². The van der Waals surface area contributed by atoms with Crippen LogP contribution in [-0.4, -0.2) is 23.6 Å².